The van der Waals surface area contributed by atoms with E-state index in [4.69, 9.17) is 4.74 Å². The van der Waals surface area contributed by atoms with Gasteiger partial charge in [0.1, 0.15) is 5.75 Å². The molecule has 0 amide bonds. The summed E-state index contributed by atoms with van der Waals surface area (Å²) in [5, 5.41) is 10.9. The first-order valence-electron chi connectivity index (χ1n) is 6.90. The molecule has 1 aromatic heterocycles. The van der Waals surface area contributed by atoms with E-state index in [0.717, 1.165) is 50.3 Å². The highest BCUT2D eigenvalue weighted by atomic mass is 16.5. The highest BCUT2D eigenvalue weighted by Gasteiger charge is 2.15. The van der Waals surface area contributed by atoms with Crippen LogP contribution in [0.25, 0.3) is 10.9 Å². The summed E-state index contributed by atoms with van der Waals surface area (Å²) in [5.41, 5.74) is 2.38. The van der Waals surface area contributed by atoms with Gasteiger partial charge in [0.15, 0.2) is 0 Å². The van der Waals surface area contributed by atoms with E-state index in [1.165, 1.54) is 5.69 Å². The Bertz CT molecular complexity index is 571. The van der Waals surface area contributed by atoms with E-state index < -0.39 is 0 Å². The topological polar surface area (TPSA) is 37.6 Å². The van der Waals surface area contributed by atoms with Gasteiger partial charge in [0.2, 0.25) is 0 Å². The molecule has 1 saturated heterocycles. The van der Waals surface area contributed by atoms with Crippen molar-refractivity contribution in [2.24, 2.45) is 0 Å². The number of phenolic OH excluding ortho intramolecular Hbond substituents is 1. The van der Waals surface area contributed by atoms with Crippen LogP contribution in [0.4, 0.5) is 0 Å². The van der Waals surface area contributed by atoms with Gasteiger partial charge < -0.3 is 14.4 Å². The number of aryl methyl sites for hydroxylation is 1. The van der Waals surface area contributed by atoms with Gasteiger partial charge in [-0.05, 0) is 25.1 Å². The Labute approximate surface area is 113 Å². The average Bonchev–Trinajstić information content (AvgIpc) is 2.79. The molecule has 1 aliphatic heterocycles. The summed E-state index contributed by atoms with van der Waals surface area (Å²) in [4.78, 5) is 2.40. The number of rotatable bonds is 3. The van der Waals surface area contributed by atoms with Crippen molar-refractivity contribution in [1.29, 1.82) is 0 Å². The molecule has 4 nitrogen and oxygen atoms in total. The van der Waals surface area contributed by atoms with Crippen molar-refractivity contribution in [2.45, 2.75) is 20.0 Å². The predicted octanol–water partition coefficient (Wildman–Crippen LogP) is 2.20. The number of hydrogen-bond donors (Lipinski definition) is 1. The molecule has 0 atom stereocenters. The molecule has 0 bridgehead atoms. The molecule has 0 saturated carbocycles. The van der Waals surface area contributed by atoms with Gasteiger partial charge in [0.05, 0.1) is 18.7 Å². The third-order valence-electron chi connectivity index (χ3n) is 3.81. The fraction of sp³-hybridized carbons (Fsp3) is 0.467. The second-order valence-corrected chi connectivity index (χ2v) is 4.98. The summed E-state index contributed by atoms with van der Waals surface area (Å²) in [7, 11) is 0. The van der Waals surface area contributed by atoms with Crippen LogP contribution in [0.15, 0.2) is 24.3 Å². The average molecular weight is 260 g/mol. The summed E-state index contributed by atoms with van der Waals surface area (Å²) in [6, 6.07) is 7.84. The van der Waals surface area contributed by atoms with Crippen molar-refractivity contribution < 1.29 is 9.84 Å². The van der Waals surface area contributed by atoms with Crippen molar-refractivity contribution in [3.05, 3.63) is 30.0 Å². The highest BCUT2D eigenvalue weighted by molar-refractivity contribution is 5.87. The van der Waals surface area contributed by atoms with E-state index in [-0.39, 0.29) is 0 Å². The Morgan fingerprint density at radius 2 is 2.05 bits per heavy atom. The van der Waals surface area contributed by atoms with Crippen LogP contribution < -0.4 is 0 Å². The van der Waals surface area contributed by atoms with Crippen LogP contribution in [0.2, 0.25) is 0 Å². The number of nitrogens with zero attached hydrogens (tertiary/aromatic N) is 2. The normalized spacial score (nSPS) is 17.1. The molecule has 1 N–H and O–H groups in total. The second-order valence-electron chi connectivity index (χ2n) is 4.98. The van der Waals surface area contributed by atoms with E-state index in [0.29, 0.717) is 5.75 Å². The Kier molecular flexibility index (Phi) is 3.44. The maximum absolute atomic E-state index is 9.96. The van der Waals surface area contributed by atoms with Gasteiger partial charge in [0, 0.05) is 37.3 Å². The summed E-state index contributed by atoms with van der Waals surface area (Å²) in [6.45, 7) is 7.59. The molecule has 1 aromatic carbocycles. The predicted molar refractivity (Wildman–Crippen MR) is 75.4 cm³/mol. The van der Waals surface area contributed by atoms with Gasteiger partial charge in [-0.15, -0.1) is 0 Å². The fourth-order valence-corrected chi connectivity index (χ4v) is 2.82. The lowest BCUT2D eigenvalue weighted by atomic mass is 10.2. The Balaban J connectivity index is 1.95. The van der Waals surface area contributed by atoms with Gasteiger partial charge in [-0.1, -0.05) is 6.07 Å². The molecule has 4 heteroatoms. The van der Waals surface area contributed by atoms with Crippen LogP contribution in [-0.2, 0) is 17.8 Å². The molecule has 0 radical (unpaired) electrons. The maximum Gasteiger partial charge on any atom is 0.124 e. The number of morpholine rings is 1. The lowest BCUT2D eigenvalue weighted by Gasteiger charge is -2.26. The lowest BCUT2D eigenvalue weighted by molar-refractivity contribution is 0.0332. The second kappa shape index (κ2) is 5.23. The Morgan fingerprint density at radius 1 is 1.26 bits per heavy atom. The molecule has 3 rings (SSSR count). The summed E-state index contributed by atoms with van der Waals surface area (Å²) in [5.74, 6) is 0.368. The van der Waals surface area contributed by atoms with E-state index in [9.17, 15) is 5.11 Å². The highest BCUT2D eigenvalue weighted by Crippen LogP contribution is 2.28. The minimum absolute atomic E-state index is 0.368. The number of hydrogen-bond acceptors (Lipinski definition) is 3. The van der Waals surface area contributed by atoms with Crippen LogP contribution in [0.3, 0.4) is 0 Å². The molecule has 0 spiro atoms. The van der Waals surface area contributed by atoms with Crippen LogP contribution in [0, 0.1) is 0 Å². The van der Waals surface area contributed by atoms with Crippen LogP contribution in [0.1, 0.15) is 12.6 Å². The lowest BCUT2D eigenvalue weighted by Crippen LogP contribution is -2.36. The number of phenols is 1. The third-order valence-corrected chi connectivity index (χ3v) is 3.81. The molecule has 2 aromatic rings. The minimum Gasteiger partial charge on any atom is -0.507 e. The Hall–Kier alpha value is -1.52. The fourth-order valence-electron chi connectivity index (χ4n) is 2.82. The monoisotopic (exact) mass is 260 g/mol. The van der Waals surface area contributed by atoms with Crippen LogP contribution >= 0.6 is 0 Å². The van der Waals surface area contributed by atoms with E-state index in [1.807, 2.05) is 6.07 Å². The van der Waals surface area contributed by atoms with Gasteiger partial charge >= 0.3 is 0 Å². The Morgan fingerprint density at radius 3 is 2.79 bits per heavy atom. The smallest absolute Gasteiger partial charge is 0.124 e. The van der Waals surface area contributed by atoms with Crippen molar-refractivity contribution in [3.8, 4) is 5.75 Å². The molecular weight excluding hydrogens is 240 g/mol. The van der Waals surface area contributed by atoms with Gasteiger partial charge in [-0.3, -0.25) is 4.90 Å². The van der Waals surface area contributed by atoms with Crippen molar-refractivity contribution in [3.63, 3.8) is 0 Å². The third kappa shape index (κ3) is 2.33. The standard InChI is InChI=1S/C15H20N2O2/c1-2-17-12(11-16-6-8-19-9-7-16)10-13-14(17)4-3-5-15(13)18/h3-5,10,18H,2,6-9,11H2,1H3. The van der Waals surface area contributed by atoms with Gasteiger partial charge in [-0.25, -0.2) is 0 Å². The number of aromatic nitrogens is 1. The van der Waals surface area contributed by atoms with Crippen molar-refractivity contribution in [1.82, 2.24) is 9.47 Å². The molecule has 0 unspecified atom stereocenters. The zero-order valence-corrected chi connectivity index (χ0v) is 11.3. The summed E-state index contributed by atoms with van der Waals surface area (Å²) < 4.78 is 7.67. The van der Waals surface area contributed by atoms with Crippen molar-refractivity contribution >= 4 is 10.9 Å². The van der Waals surface area contributed by atoms with E-state index >= 15 is 0 Å². The van der Waals surface area contributed by atoms with Crippen LogP contribution in [0.5, 0.6) is 5.75 Å². The molecular formula is C15H20N2O2. The van der Waals surface area contributed by atoms with E-state index in [1.54, 1.807) is 6.07 Å². The molecule has 2 heterocycles. The zero-order chi connectivity index (χ0) is 13.2. The maximum atomic E-state index is 9.96. The molecule has 102 valence electrons. The van der Waals surface area contributed by atoms with Crippen LogP contribution in [-0.4, -0.2) is 40.9 Å². The first-order valence-corrected chi connectivity index (χ1v) is 6.90. The van der Waals surface area contributed by atoms with Gasteiger partial charge in [-0.2, -0.15) is 0 Å². The first kappa shape index (κ1) is 12.5. The van der Waals surface area contributed by atoms with Gasteiger partial charge in [0.25, 0.3) is 0 Å². The summed E-state index contributed by atoms with van der Waals surface area (Å²) in [6.07, 6.45) is 0. The number of benzene rings is 1. The first-order chi connectivity index (χ1) is 9.29. The molecule has 1 aliphatic rings. The SMILES string of the molecule is CCn1c(CN2CCOCC2)cc2c(O)cccc21. The van der Waals surface area contributed by atoms with E-state index in [2.05, 4.69) is 28.5 Å². The number of ether oxygens (including phenoxy) is 1. The quantitative estimate of drug-likeness (QED) is 0.919. The molecule has 1 fully saturated rings. The number of aromatic hydroxyl groups is 1. The molecule has 0 aliphatic carbocycles. The minimum atomic E-state index is 0.368. The molecule has 19 heavy (non-hydrogen) atoms. The largest absolute Gasteiger partial charge is 0.507 e. The number of fused-ring (bicyclic) bond motifs is 1. The summed E-state index contributed by atoms with van der Waals surface area (Å²) >= 11 is 0. The zero-order valence-electron chi connectivity index (χ0n) is 11.3. The van der Waals surface area contributed by atoms with Crippen molar-refractivity contribution in [2.75, 3.05) is 26.3 Å².